The van der Waals surface area contributed by atoms with Crippen LogP contribution in [0.15, 0.2) is 29.2 Å². The first-order valence-electron chi connectivity index (χ1n) is 6.88. The molecule has 0 aliphatic carbocycles. The number of sulfonamides is 1. The standard InChI is InChI=1S/C14H24N2O2S2/c1-3-4-5-10-16(2)20(17,18)12-11-19-14-8-6-13(15)7-9-14/h6-9H,3-5,10-12,15H2,1-2H3. The van der Waals surface area contributed by atoms with Gasteiger partial charge >= 0.3 is 0 Å². The van der Waals surface area contributed by atoms with Crippen LogP contribution >= 0.6 is 11.8 Å². The summed E-state index contributed by atoms with van der Waals surface area (Å²) in [6.07, 6.45) is 3.10. The van der Waals surface area contributed by atoms with Crippen molar-refractivity contribution >= 4 is 27.5 Å². The summed E-state index contributed by atoms with van der Waals surface area (Å²) in [5.41, 5.74) is 6.33. The smallest absolute Gasteiger partial charge is 0.214 e. The van der Waals surface area contributed by atoms with Crippen LogP contribution in [0.4, 0.5) is 5.69 Å². The van der Waals surface area contributed by atoms with Crippen LogP contribution in [0.5, 0.6) is 0 Å². The molecule has 0 fully saturated rings. The fraction of sp³-hybridized carbons (Fsp3) is 0.571. The Morgan fingerprint density at radius 2 is 1.85 bits per heavy atom. The minimum atomic E-state index is -3.13. The third kappa shape index (κ3) is 6.15. The fourth-order valence-corrected chi connectivity index (χ4v) is 4.17. The van der Waals surface area contributed by atoms with Gasteiger partial charge in [0.15, 0.2) is 0 Å². The fourth-order valence-electron chi connectivity index (χ4n) is 1.71. The quantitative estimate of drug-likeness (QED) is 0.432. The number of hydrogen-bond donors (Lipinski definition) is 1. The number of nitrogens with two attached hydrogens (primary N) is 1. The summed E-state index contributed by atoms with van der Waals surface area (Å²) in [7, 11) is -1.47. The van der Waals surface area contributed by atoms with Crippen LogP contribution < -0.4 is 5.73 Å². The molecule has 0 saturated heterocycles. The average molecular weight is 316 g/mol. The molecule has 1 aromatic rings. The van der Waals surface area contributed by atoms with E-state index in [9.17, 15) is 8.42 Å². The molecule has 0 aliphatic heterocycles. The molecule has 0 heterocycles. The van der Waals surface area contributed by atoms with Crippen molar-refractivity contribution in [2.75, 3.05) is 30.8 Å². The van der Waals surface area contributed by atoms with Crippen molar-refractivity contribution in [1.82, 2.24) is 4.31 Å². The molecule has 0 amide bonds. The highest BCUT2D eigenvalue weighted by atomic mass is 32.2. The Morgan fingerprint density at radius 1 is 1.20 bits per heavy atom. The summed E-state index contributed by atoms with van der Waals surface area (Å²) in [5, 5.41) is 0. The molecule has 0 aromatic heterocycles. The van der Waals surface area contributed by atoms with E-state index in [-0.39, 0.29) is 5.75 Å². The van der Waals surface area contributed by atoms with Gasteiger partial charge in [0.25, 0.3) is 0 Å². The molecule has 4 nitrogen and oxygen atoms in total. The predicted molar refractivity (Wildman–Crippen MR) is 87.5 cm³/mol. The van der Waals surface area contributed by atoms with Crippen LogP contribution in [0.25, 0.3) is 0 Å². The third-order valence-electron chi connectivity index (χ3n) is 3.04. The van der Waals surface area contributed by atoms with E-state index in [1.54, 1.807) is 18.8 Å². The van der Waals surface area contributed by atoms with E-state index in [1.807, 2.05) is 24.3 Å². The predicted octanol–water partition coefficient (Wildman–Crippen LogP) is 2.81. The van der Waals surface area contributed by atoms with Crippen molar-refractivity contribution in [3.05, 3.63) is 24.3 Å². The largest absolute Gasteiger partial charge is 0.399 e. The Kier molecular flexibility index (Phi) is 7.40. The number of hydrogen-bond acceptors (Lipinski definition) is 4. The van der Waals surface area contributed by atoms with Crippen molar-refractivity contribution in [1.29, 1.82) is 0 Å². The lowest BCUT2D eigenvalue weighted by atomic mass is 10.2. The second-order valence-electron chi connectivity index (χ2n) is 4.76. The number of thioether (sulfide) groups is 1. The van der Waals surface area contributed by atoms with Gasteiger partial charge < -0.3 is 5.73 Å². The van der Waals surface area contributed by atoms with E-state index < -0.39 is 10.0 Å². The van der Waals surface area contributed by atoms with Crippen LogP contribution in [0.1, 0.15) is 26.2 Å². The van der Waals surface area contributed by atoms with Crippen LogP contribution in [0.3, 0.4) is 0 Å². The molecule has 0 radical (unpaired) electrons. The molecular weight excluding hydrogens is 292 g/mol. The highest BCUT2D eigenvalue weighted by molar-refractivity contribution is 8.00. The maximum absolute atomic E-state index is 12.1. The summed E-state index contributed by atoms with van der Waals surface area (Å²) in [5.74, 6) is 0.731. The monoisotopic (exact) mass is 316 g/mol. The molecule has 6 heteroatoms. The second-order valence-corrected chi connectivity index (χ2v) is 8.13. The molecular formula is C14H24N2O2S2. The van der Waals surface area contributed by atoms with Crippen molar-refractivity contribution in [2.24, 2.45) is 0 Å². The highest BCUT2D eigenvalue weighted by Crippen LogP contribution is 2.19. The molecule has 0 aliphatic rings. The van der Waals surface area contributed by atoms with Crippen molar-refractivity contribution in [3.63, 3.8) is 0 Å². The number of rotatable bonds is 9. The van der Waals surface area contributed by atoms with Crippen LogP contribution in [0.2, 0.25) is 0 Å². The summed E-state index contributed by atoms with van der Waals surface area (Å²) in [6.45, 7) is 2.72. The lowest BCUT2D eigenvalue weighted by Gasteiger charge is -2.16. The maximum atomic E-state index is 12.1. The minimum absolute atomic E-state index is 0.171. The molecule has 0 unspecified atom stereocenters. The van der Waals surface area contributed by atoms with Crippen molar-refractivity contribution in [2.45, 2.75) is 31.1 Å². The van der Waals surface area contributed by atoms with Crippen LogP contribution in [-0.2, 0) is 10.0 Å². The molecule has 114 valence electrons. The Morgan fingerprint density at radius 3 is 2.45 bits per heavy atom. The number of nitrogen functional groups attached to an aromatic ring is 1. The SMILES string of the molecule is CCCCCN(C)S(=O)(=O)CCSc1ccc(N)cc1. The lowest BCUT2D eigenvalue weighted by Crippen LogP contribution is -2.30. The Balaban J connectivity index is 2.37. The van der Waals surface area contributed by atoms with Gasteiger partial charge in [0.05, 0.1) is 5.75 Å². The number of benzene rings is 1. The van der Waals surface area contributed by atoms with Crippen molar-refractivity contribution in [3.8, 4) is 0 Å². The van der Waals surface area contributed by atoms with E-state index in [0.717, 1.165) is 29.8 Å². The molecule has 1 rings (SSSR count). The maximum Gasteiger partial charge on any atom is 0.214 e. The summed E-state index contributed by atoms with van der Waals surface area (Å²) < 4.78 is 25.6. The van der Waals surface area contributed by atoms with Crippen LogP contribution in [-0.4, -0.2) is 37.8 Å². The molecule has 0 saturated carbocycles. The number of anilines is 1. The first-order valence-corrected chi connectivity index (χ1v) is 9.47. The van der Waals surface area contributed by atoms with Gasteiger partial charge in [-0.3, -0.25) is 0 Å². The number of unbranched alkanes of at least 4 members (excludes halogenated alkanes) is 2. The Hall–Kier alpha value is -0.720. The average Bonchev–Trinajstić information content (AvgIpc) is 2.41. The zero-order valence-corrected chi connectivity index (χ0v) is 13.8. The van der Waals surface area contributed by atoms with Crippen molar-refractivity contribution < 1.29 is 8.42 Å². The summed E-state index contributed by atoms with van der Waals surface area (Å²) >= 11 is 1.54. The highest BCUT2D eigenvalue weighted by Gasteiger charge is 2.16. The summed E-state index contributed by atoms with van der Waals surface area (Å²) in [4.78, 5) is 1.04. The zero-order valence-electron chi connectivity index (χ0n) is 12.2. The molecule has 0 atom stereocenters. The Labute approximate surface area is 126 Å². The molecule has 0 bridgehead atoms. The molecule has 2 N–H and O–H groups in total. The van der Waals surface area contributed by atoms with E-state index in [1.165, 1.54) is 4.31 Å². The molecule has 1 aromatic carbocycles. The third-order valence-corrected chi connectivity index (χ3v) is 6.17. The molecule has 20 heavy (non-hydrogen) atoms. The first kappa shape index (κ1) is 17.3. The molecule has 0 spiro atoms. The summed E-state index contributed by atoms with van der Waals surface area (Å²) in [6, 6.07) is 7.48. The first-order chi connectivity index (χ1) is 9.45. The Bertz CT molecular complexity index is 486. The van der Waals surface area contributed by atoms with Crippen LogP contribution in [0, 0.1) is 0 Å². The van der Waals surface area contributed by atoms with Gasteiger partial charge in [0.2, 0.25) is 10.0 Å². The normalized spacial score (nSPS) is 11.9. The van der Waals surface area contributed by atoms with Gasteiger partial charge in [0.1, 0.15) is 0 Å². The van der Waals surface area contributed by atoms with E-state index in [0.29, 0.717) is 12.3 Å². The van der Waals surface area contributed by atoms with Gasteiger partial charge in [-0.1, -0.05) is 19.8 Å². The number of nitrogens with zero attached hydrogens (tertiary/aromatic N) is 1. The van der Waals surface area contributed by atoms with Gasteiger partial charge in [-0.2, -0.15) is 0 Å². The lowest BCUT2D eigenvalue weighted by molar-refractivity contribution is 0.455. The van der Waals surface area contributed by atoms with E-state index in [2.05, 4.69) is 6.92 Å². The van der Waals surface area contributed by atoms with Gasteiger partial charge in [-0.25, -0.2) is 12.7 Å². The second kappa shape index (κ2) is 8.54. The topological polar surface area (TPSA) is 63.4 Å². The zero-order chi connectivity index (χ0) is 15.0. The van der Waals surface area contributed by atoms with Gasteiger partial charge in [-0.15, -0.1) is 11.8 Å². The van der Waals surface area contributed by atoms with E-state index in [4.69, 9.17) is 5.73 Å². The minimum Gasteiger partial charge on any atom is -0.399 e. The van der Waals surface area contributed by atoms with Gasteiger partial charge in [0, 0.05) is 29.9 Å². The van der Waals surface area contributed by atoms with Gasteiger partial charge in [-0.05, 0) is 30.7 Å². The van der Waals surface area contributed by atoms with E-state index >= 15 is 0 Å².